The molecule has 5 rings (SSSR count). The van der Waals surface area contributed by atoms with Crippen molar-refractivity contribution in [2.24, 2.45) is 0 Å². The van der Waals surface area contributed by atoms with Crippen LogP contribution in [0, 0.1) is 0 Å². The van der Waals surface area contributed by atoms with Crippen molar-refractivity contribution in [2.45, 2.75) is 51.3 Å². The number of phenolic OH excluding ortho intramolecular Hbond substituents is 1. The smallest absolute Gasteiger partial charge is 0.387 e. The number of amides is 3. The van der Waals surface area contributed by atoms with Crippen LogP contribution >= 0.6 is 0 Å². The van der Waals surface area contributed by atoms with Gasteiger partial charge in [0.15, 0.2) is 0 Å². The molecule has 2 aliphatic rings. The number of urea groups is 1. The Morgan fingerprint density at radius 3 is 2.74 bits per heavy atom. The van der Waals surface area contributed by atoms with E-state index in [0.29, 0.717) is 30.3 Å². The van der Waals surface area contributed by atoms with Crippen molar-refractivity contribution in [2.75, 3.05) is 26.7 Å². The second-order valence-corrected chi connectivity index (χ2v) is 10.3. The molecule has 0 aliphatic carbocycles. The minimum atomic E-state index is -2.96. The van der Waals surface area contributed by atoms with E-state index in [1.807, 2.05) is 13.1 Å². The molecule has 2 aromatic carbocycles. The molecule has 3 amide bonds. The van der Waals surface area contributed by atoms with Gasteiger partial charge in [0.25, 0.3) is 5.91 Å². The van der Waals surface area contributed by atoms with Crippen molar-refractivity contribution in [1.82, 2.24) is 19.7 Å². The minimum Gasteiger partial charge on any atom is -0.508 e. The summed E-state index contributed by atoms with van der Waals surface area (Å²) in [5.74, 6) is -0.123. The summed E-state index contributed by atoms with van der Waals surface area (Å²) < 4.78 is 30.5. The van der Waals surface area contributed by atoms with E-state index in [9.17, 15) is 23.5 Å². The molecule has 2 aliphatic heterocycles. The summed E-state index contributed by atoms with van der Waals surface area (Å²) in [5, 5.41) is 10.7. The normalized spacial score (nSPS) is 21.1. The van der Waals surface area contributed by atoms with Gasteiger partial charge in [-0.15, -0.1) is 0 Å². The minimum absolute atomic E-state index is 0.0295. The molecule has 2 N–H and O–H groups in total. The number of rotatable bonds is 9. The predicted molar refractivity (Wildman–Crippen MR) is 138 cm³/mol. The lowest BCUT2D eigenvalue weighted by atomic mass is 9.81. The zero-order chi connectivity index (χ0) is 27.2. The average Bonchev–Trinajstić information content (AvgIpc) is 3.31. The van der Waals surface area contributed by atoms with Gasteiger partial charge in [0.05, 0.1) is 6.04 Å². The third-order valence-electron chi connectivity index (χ3n) is 7.78. The third-order valence-corrected chi connectivity index (χ3v) is 7.78. The molecular formula is C28H32F2N4O4. The van der Waals surface area contributed by atoms with Crippen LogP contribution in [0.15, 0.2) is 42.5 Å². The molecule has 1 aromatic heterocycles. The van der Waals surface area contributed by atoms with Gasteiger partial charge in [-0.2, -0.15) is 8.78 Å². The Labute approximate surface area is 219 Å². The van der Waals surface area contributed by atoms with Crippen LogP contribution in [0.5, 0.6) is 11.5 Å². The molecule has 1 unspecified atom stereocenters. The van der Waals surface area contributed by atoms with Crippen molar-refractivity contribution >= 4 is 22.8 Å². The fourth-order valence-electron chi connectivity index (χ4n) is 5.79. The summed E-state index contributed by atoms with van der Waals surface area (Å²) in [4.78, 5) is 36.2. The van der Waals surface area contributed by atoms with Crippen LogP contribution in [-0.2, 0) is 17.6 Å². The molecule has 1 saturated heterocycles. The molecule has 202 valence electrons. The average molecular weight is 527 g/mol. The van der Waals surface area contributed by atoms with Gasteiger partial charge in [0, 0.05) is 29.6 Å². The number of hydrogen-bond donors (Lipinski definition) is 2. The first-order chi connectivity index (χ1) is 18.1. The topological polar surface area (TPSA) is 89.1 Å². The SMILES string of the molecule is CCN(C)CCCN1C(=O)N2C(Cc3cccc(O)c3)c3[nH]c4ccc(OC(F)F)cc4c3C[C@@]2(C)C1=O. The van der Waals surface area contributed by atoms with E-state index >= 15 is 0 Å². The molecule has 0 bridgehead atoms. The second-order valence-electron chi connectivity index (χ2n) is 10.3. The zero-order valence-corrected chi connectivity index (χ0v) is 21.7. The van der Waals surface area contributed by atoms with Crippen LogP contribution < -0.4 is 4.74 Å². The Morgan fingerprint density at radius 2 is 2.03 bits per heavy atom. The zero-order valence-electron chi connectivity index (χ0n) is 21.7. The van der Waals surface area contributed by atoms with Crippen LogP contribution in [0.4, 0.5) is 13.6 Å². The number of carbonyl (C=O) groups excluding carboxylic acids is 2. The lowest BCUT2D eigenvalue weighted by Crippen LogP contribution is -2.53. The summed E-state index contributed by atoms with van der Waals surface area (Å²) >= 11 is 0. The Bertz CT molecular complexity index is 1380. The Morgan fingerprint density at radius 1 is 1.24 bits per heavy atom. The van der Waals surface area contributed by atoms with Gasteiger partial charge in [-0.1, -0.05) is 19.1 Å². The van der Waals surface area contributed by atoms with Crippen LogP contribution in [0.3, 0.4) is 0 Å². The standard InChI is InChI=1S/C28H32F2N4O4/c1-4-32(3)11-6-12-33-25(36)28(2)16-21-20-15-19(38-26(29)30)9-10-22(20)31-24(21)23(34(28)27(33)37)14-17-7-5-8-18(35)13-17/h5,7-10,13,15,23,26,31,35H,4,6,11-12,14,16H2,1-3H3/t23?,28-/m0/s1. The van der Waals surface area contributed by atoms with E-state index in [2.05, 4.69) is 21.5 Å². The van der Waals surface area contributed by atoms with E-state index in [4.69, 9.17) is 0 Å². The van der Waals surface area contributed by atoms with Gasteiger partial charge < -0.3 is 24.6 Å². The number of phenols is 1. The van der Waals surface area contributed by atoms with Crippen molar-refractivity contribution in [3.63, 3.8) is 0 Å². The number of imide groups is 1. The number of H-pyrrole nitrogens is 1. The quantitative estimate of drug-likeness (QED) is 0.396. The fraction of sp³-hybridized carbons (Fsp3) is 0.429. The van der Waals surface area contributed by atoms with E-state index in [-0.39, 0.29) is 29.9 Å². The Kier molecular flexibility index (Phi) is 6.77. The first-order valence-electron chi connectivity index (χ1n) is 12.8. The van der Waals surface area contributed by atoms with Gasteiger partial charge >= 0.3 is 12.6 Å². The molecule has 0 spiro atoms. The number of nitrogens with one attached hydrogen (secondary N) is 1. The number of nitrogens with zero attached hydrogens (tertiary/aromatic N) is 3. The van der Waals surface area contributed by atoms with Crippen molar-refractivity contribution in [1.29, 1.82) is 0 Å². The molecular weight excluding hydrogens is 494 g/mol. The fourth-order valence-corrected chi connectivity index (χ4v) is 5.79. The number of halogens is 2. The van der Waals surface area contributed by atoms with E-state index in [0.717, 1.165) is 29.9 Å². The van der Waals surface area contributed by atoms with Crippen LogP contribution in [0.25, 0.3) is 10.9 Å². The highest BCUT2D eigenvalue weighted by Gasteiger charge is 2.59. The van der Waals surface area contributed by atoms with Gasteiger partial charge in [0.2, 0.25) is 0 Å². The number of aromatic nitrogens is 1. The van der Waals surface area contributed by atoms with Crippen LogP contribution in [-0.4, -0.2) is 75.6 Å². The van der Waals surface area contributed by atoms with E-state index < -0.39 is 18.2 Å². The Hall–Kier alpha value is -3.66. The lowest BCUT2D eigenvalue weighted by molar-refractivity contribution is -0.133. The number of aromatic hydroxyl groups is 1. The molecule has 1 fully saturated rings. The second kappa shape index (κ2) is 9.90. The number of hydrogen-bond acceptors (Lipinski definition) is 5. The number of fused-ring (bicyclic) bond motifs is 4. The van der Waals surface area contributed by atoms with Crippen LogP contribution in [0.1, 0.15) is 43.1 Å². The maximum Gasteiger partial charge on any atom is 0.387 e. The van der Waals surface area contributed by atoms with Crippen molar-refractivity contribution in [3.8, 4) is 11.5 Å². The number of aromatic amines is 1. The number of alkyl halides is 2. The maximum absolute atomic E-state index is 13.8. The highest BCUT2D eigenvalue weighted by Crippen LogP contribution is 2.48. The van der Waals surface area contributed by atoms with Crippen LogP contribution in [0.2, 0.25) is 0 Å². The molecule has 38 heavy (non-hydrogen) atoms. The summed E-state index contributed by atoms with van der Waals surface area (Å²) in [6.45, 7) is 2.82. The van der Waals surface area contributed by atoms with Crippen molar-refractivity contribution in [3.05, 3.63) is 59.3 Å². The molecule has 2 atom stereocenters. The summed E-state index contributed by atoms with van der Waals surface area (Å²) in [6.07, 6.45) is 1.26. The summed E-state index contributed by atoms with van der Waals surface area (Å²) in [5.41, 5.74) is 1.92. The molecule has 3 heterocycles. The summed E-state index contributed by atoms with van der Waals surface area (Å²) in [7, 11) is 1.99. The third kappa shape index (κ3) is 4.47. The van der Waals surface area contributed by atoms with Gasteiger partial charge in [-0.25, -0.2) is 4.79 Å². The highest BCUT2D eigenvalue weighted by atomic mass is 19.3. The van der Waals surface area contributed by atoms with Gasteiger partial charge in [0.1, 0.15) is 17.0 Å². The lowest BCUT2D eigenvalue weighted by Gasteiger charge is -2.42. The molecule has 10 heteroatoms. The van der Waals surface area contributed by atoms with E-state index in [1.54, 1.807) is 42.2 Å². The largest absolute Gasteiger partial charge is 0.508 e. The molecule has 3 aromatic rings. The number of benzene rings is 2. The van der Waals surface area contributed by atoms with Crippen molar-refractivity contribution < 1.29 is 28.2 Å². The first kappa shape index (κ1) is 26.0. The summed E-state index contributed by atoms with van der Waals surface area (Å²) in [6, 6.07) is 10.6. The molecule has 8 nitrogen and oxygen atoms in total. The monoisotopic (exact) mass is 526 g/mol. The van der Waals surface area contributed by atoms with E-state index in [1.165, 1.54) is 11.0 Å². The van der Waals surface area contributed by atoms with Gasteiger partial charge in [-0.05, 0) is 81.4 Å². The number of carbonyl (C=O) groups is 2. The predicted octanol–water partition coefficient (Wildman–Crippen LogP) is 4.68. The maximum atomic E-state index is 13.8. The Balaban J connectivity index is 1.57. The highest BCUT2D eigenvalue weighted by molar-refractivity contribution is 6.08. The molecule has 0 radical (unpaired) electrons. The van der Waals surface area contributed by atoms with Gasteiger partial charge in [-0.3, -0.25) is 9.69 Å². The first-order valence-corrected chi connectivity index (χ1v) is 12.8. The number of ether oxygens (including phenoxy) is 1. The molecule has 0 saturated carbocycles.